The highest BCUT2D eigenvalue weighted by Crippen LogP contribution is 2.18. The number of ether oxygens (including phenoxy) is 1. The highest BCUT2D eigenvalue weighted by atomic mass is 16.5. The van der Waals surface area contributed by atoms with Gasteiger partial charge in [-0.1, -0.05) is 6.42 Å². The second kappa shape index (κ2) is 6.80. The molecule has 0 aromatic carbocycles. The topological polar surface area (TPSA) is 50.4 Å². The molecular weight excluding hydrogens is 192 g/mol. The smallest absolute Gasteiger partial charge is 0.236 e. The summed E-state index contributed by atoms with van der Waals surface area (Å²) >= 11 is 0. The molecule has 1 unspecified atom stereocenters. The van der Waals surface area contributed by atoms with Crippen LogP contribution >= 0.6 is 0 Å². The number of rotatable bonds is 7. The quantitative estimate of drug-likeness (QED) is 0.612. The molecule has 1 aliphatic carbocycles. The zero-order chi connectivity index (χ0) is 11.1. The van der Waals surface area contributed by atoms with Crippen LogP contribution in [-0.2, 0) is 9.53 Å². The fourth-order valence-electron chi connectivity index (χ4n) is 1.59. The second-order valence-electron chi connectivity index (χ2n) is 4.15. The summed E-state index contributed by atoms with van der Waals surface area (Å²) < 4.78 is 4.91. The van der Waals surface area contributed by atoms with Crippen molar-refractivity contribution >= 4 is 5.91 Å². The standard InChI is InChI=1S/C11H22N2O2/c1-9(13-10-5-3-6-10)11(14)12-7-4-8-15-2/h9-10,13H,3-8H2,1-2H3,(H,12,14). The molecule has 15 heavy (non-hydrogen) atoms. The molecule has 1 saturated carbocycles. The number of carbonyl (C=O) groups excluding carboxylic acids is 1. The van der Waals surface area contributed by atoms with Crippen LogP contribution in [0.3, 0.4) is 0 Å². The summed E-state index contributed by atoms with van der Waals surface area (Å²) in [4.78, 5) is 11.6. The van der Waals surface area contributed by atoms with E-state index >= 15 is 0 Å². The normalized spacial score (nSPS) is 18.3. The van der Waals surface area contributed by atoms with Gasteiger partial charge in [0.15, 0.2) is 0 Å². The molecule has 0 bridgehead atoms. The first-order valence-corrected chi connectivity index (χ1v) is 5.76. The summed E-state index contributed by atoms with van der Waals surface area (Å²) in [7, 11) is 1.67. The lowest BCUT2D eigenvalue weighted by Gasteiger charge is -2.29. The van der Waals surface area contributed by atoms with Crippen molar-refractivity contribution in [1.29, 1.82) is 0 Å². The molecule has 0 radical (unpaired) electrons. The maximum atomic E-state index is 11.6. The summed E-state index contributed by atoms with van der Waals surface area (Å²) in [6.45, 7) is 3.32. The number of hydrogen-bond donors (Lipinski definition) is 2. The fraction of sp³-hybridized carbons (Fsp3) is 0.909. The van der Waals surface area contributed by atoms with Gasteiger partial charge in [-0.05, 0) is 26.2 Å². The molecule has 88 valence electrons. The Bertz CT molecular complexity index is 193. The van der Waals surface area contributed by atoms with Crippen molar-refractivity contribution in [3.05, 3.63) is 0 Å². The number of amides is 1. The molecule has 1 amide bonds. The van der Waals surface area contributed by atoms with E-state index in [2.05, 4.69) is 10.6 Å². The lowest BCUT2D eigenvalue weighted by Crippen LogP contribution is -2.49. The predicted octanol–water partition coefficient (Wildman–Crippen LogP) is 0.670. The third-order valence-corrected chi connectivity index (χ3v) is 2.81. The first kappa shape index (κ1) is 12.5. The first-order chi connectivity index (χ1) is 7.24. The van der Waals surface area contributed by atoms with E-state index in [-0.39, 0.29) is 11.9 Å². The molecule has 4 nitrogen and oxygen atoms in total. The maximum absolute atomic E-state index is 11.6. The van der Waals surface area contributed by atoms with Crippen molar-refractivity contribution in [2.75, 3.05) is 20.3 Å². The van der Waals surface area contributed by atoms with E-state index < -0.39 is 0 Å². The molecule has 1 fully saturated rings. The van der Waals surface area contributed by atoms with E-state index in [4.69, 9.17) is 4.74 Å². The molecule has 1 rings (SSSR count). The van der Waals surface area contributed by atoms with Gasteiger partial charge >= 0.3 is 0 Å². The third-order valence-electron chi connectivity index (χ3n) is 2.81. The molecule has 4 heteroatoms. The van der Waals surface area contributed by atoms with Crippen molar-refractivity contribution < 1.29 is 9.53 Å². The van der Waals surface area contributed by atoms with E-state index in [1.165, 1.54) is 19.3 Å². The number of hydrogen-bond acceptors (Lipinski definition) is 3. The molecule has 0 aromatic rings. The van der Waals surface area contributed by atoms with Crippen LogP contribution < -0.4 is 10.6 Å². The summed E-state index contributed by atoms with van der Waals surface area (Å²) in [5, 5.41) is 6.20. The minimum Gasteiger partial charge on any atom is -0.385 e. The minimum atomic E-state index is -0.0714. The van der Waals surface area contributed by atoms with Gasteiger partial charge in [0.05, 0.1) is 6.04 Å². The Balaban J connectivity index is 2.04. The molecule has 1 atom stereocenters. The van der Waals surface area contributed by atoms with Crippen molar-refractivity contribution in [2.24, 2.45) is 0 Å². The van der Waals surface area contributed by atoms with E-state index in [0.717, 1.165) is 6.42 Å². The second-order valence-corrected chi connectivity index (χ2v) is 4.15. The van der Waals surface area contributed by atoms with Crippen LogP contribution in [0.2, 0.25) is 0 Å². The summed E-state index contributed by atoms with van der Waals surface area (Å²) in [5.41, 5.74) is 0. The first-order valence-electron chi connectivity index (χ1n) is 5.76. The van der Waals surface area contributed by atoms with Gasteiger partial charge in [0.2, 0.25) is 5.91 Å². The molecule has 2 N–H and O–H groups in total. The monoisotopic (exact) mass is 214 g/mol. The third kappa shape index (κ3) is 4.62. The highest BCUT2D eigenvalue weighted by Gasteiger charge is 2.21. The van der Waals surface area contributed by atoms with Gasteiger partial charge < -0.3 is 15.4 Å². The minimum absolute atomic E-state index is 0.0714. The van der Waals surface area contributed by atoms with Crippen LogP contribution in [0.1, 0.15) is 32.6 Å². The lowest BCUT2D eigenvalue weighted by atomic mass is 9.92. The molecule has 0 spiro atoms. The van der Waals surface area contributed by atoms with Gasteiger partial charge in [-0.25, -0.2) is 0 Å². The Morgan fingerprint density at radius 3 is 2.80 bits per heavy atom. The Hall–Kier alpha value is -0.610. The fourth-order valence-corrected chi connectivity index (χ4v) is 1.59. The highest BCUT2D eigenvalue weighted by molar-refractivity contribution is 5.81. The Kier molecular flexibility index (Phi) is 5.65. The van der Waals surface area contributed by atoms with E-state index in [0.29, 0.717) is 19.2 Å². The van der Waals surface area contributed by atoms with Crippen molar-refractivity contribution in [1.82, 2.24) is 10.6 Å². The van der Waals surface area contributed by atoms with Crippen LogP contribution in [0.4, 0.5) is 0 Å². The average Bonchev–Trinajstić information content (AvgIpc) is 2.17. The zero-order valence-corrected chi connectivity index (χ0v) is 9.71. The van der Waals surface area contributed by atoms with Gasteiger partial charge in [0.1, 0.15) is 0 Å². The molecular formula is C11H22N2O2. The van der Waals surface area contributed by atoms with Gasteiger partial charge in [0.25, 0.3) is 0 Å². The summed E-state index contributed by atoms with van der Waals surface area (Å²) in [5.74, 6) is 0.0954. The number of methoxy groups -OCH3 is 1. The van der Waals surface area contributed by atoms with E-state index in [9.17, 15) is 4.79 Å². The molecule has 0 aliphatic heterocycles. The van der Waals surface area contributed by atoms with Crippen LogP contribution in [0, 0.1) is 0 Å². The molecule has 0 saturated heterocycles. The summed E-state index contributed by atoms with van der Waals surface area (Å²) in [6, 6.07) is 0.488. The van der Waals surface area contributed by atoms with E-state index in [1.807, 2.05) is 6.92 Å². The largest absolute Gasteiger partial charge is 0.385 e. The van der Waals surface area contributed by atoms with Crippen LogP contribution in [0.25, 0.3) is 0 Å². The number of carbonyl (C=O) groups is 1. The zero-order valence-electron chi connectivity index (χ0n) is 9.71. The van der Waals surface area contributed by atoms with Crippen LogP contribution in [0.5, 0.6) is 0 Å². The predicted molar refractivity (Wildman–Crippen MR) is 59.7 cm³/mol. The average molecular weight is 214 g/mol. The van der Waals surface area contributed by atoms with Crippen molar-refractivity contribution in [2.45, 2.75) is 44.7 Å². The maximum Gasteiger partial charge on any atom is 0.236 e. The molecule has 0 heterocycles. The van der Waals surface area contributed by atoms with Gasteiger partial charge in [-0.2, -0.15) is 0 Å². The Morgan fingerprint density at radius 1 is 1.53 bits per heavy atom. The summed E-state index contributed by atoms with van der Waals surface area (Å²) in [6.07, 6.45) is 4.58. The van der Waals surface area contributed by atoms with Crippen LogP contribution in [-0.4, -0.2) is 38.3 Å². The SMILES string of the molecule is COCCCNC(=O)C(C)NC1CCC1. The Labute approximate surface area is 91.8 Å². The van der Waals surface area contributed by atoms with Crippen LogP contribution in [0.15, 0.2) is 0 Å². The van der Waals surface area contributed by atoms with Gasteiger partial charge in [0, 0.05) is 26.3 Å². The van der Waals surface area contributed by atoms with E-state index in [1.54, 1.807) is 7.11 Å². The van der Waals surface area contributed by atoms with Gasteiger partial charge in [-0.3, -0.25) is 4.79 Å². The Morgan fingerprint density at radius 2 is 2.27 bits per heavy atom. The molecule has 0 aromatic heterocycles. The molecule has 1 aliphatic rings. The van der Waals surface area contributed by atoms with Gasteiger partial charge in [-0.15, -0.1) is 0 Å². The lowest BCUT2D eigenvalue weighted by molar-refractivity contribution is -0.123. The number of nitrogens with one attached hydrogen (secondary N) is 2. The van der Waals surface area contributed by atoms with Crippen molar-refractivity contribution in [3.8, 4) is 0 Å². The van der Waals surface area contributed by atoms with Crippen molar-refractivity contribution in [3.63, 3.8) is 0 Å².